The summed E-state index contributed by atoms with van der Waals surface area (Å²) in [7, 11) is 3.39. The molecule has 0 aromatic heterocycles. The Morgan fingerprint density at radius 2 is 1.82 bits per heavy atom. The maximum Gasteiger partial charge on any atom is 0.188 e. The van der Waals surface area contributed by atoms with Gasteiger partial charge in [-0.3, -0.25) is 0 Å². The third-order valence-electron chi connectivity index (χ3n) is 9.00. The fourth-order valence-electron chi connectivity index (χ4n) is 7.51. The van der Waals surface area contributed by atoms with Crippen molar-refractivity contribution in [3.05, 3.63) is 29.3 Å². The lowest BCUT2D eigenvalue weighted by atomic mass is 9.52. The van der Waals surface area contributed by atoms with E-state index in [1.165, 1.54) is 44.1 Å². The minimum atomic E-state index is 0.258. The van der Waals surface area contributed by atoms with Crippen molar-refractivity contribution in [2.24, 2.45) is 23.2 Å². The van der Waals surface area contributed by atoms with E-state index in [-0.39, 0.29) is 5.41 Å². The lowest BCUT2D eigenvalue weighted by Crippen LogP contribution is -2.47. The lowest BCUT2D eigenvalue weighted by molar-refractivity contribution is -0.128. The molecule has 33 heavy (non-hydrogen) atoms. The molecular formula is C28H44O5. The molecule has 1 aromatic carbocycles. The van der Waals surface area contributed by atoms with Crippen LogP contribution in [0.4, 0.5) is 0 Å². The van der Waals surface area contributed by atoms with E-state index in [1.807, 2.05) is 0 Å². The highest BCUT2D eigenvalue weighted by Gasteiger charge is 2.57. The predicted molar refractivity (Wildman–Crippen MR) is 129 cm³/mol. The lowest BCUT2D eigenvalue weighted by Gasteiger charge is -2.53. The molecule has 0 bridgehead atoms. The van der Waals surface area contributed by atoms with Crippen molar-refractivity contribution in [2.75, 3.05) is 34.4 Å². The molecule has 0 heterocycles. The number of benzene rings is 1. The normalized spacial score (nSPS) is 32.8. The first-order valence-electron chi connectivity index (χ1n) is 13.1. The van der Waals surface area contributed by atoms with Crippen LogP contribution in [0, 0.1) is 23.2 Å². The number of methoxy groups -OCH3 is 2. The molecule has 0 spiro atoms. The van der Waals surface area contributed by atoms with Crippen LogP contribution in [0.5, 0.6) is 5.75 Å². The zero-order chi connectivity index (χ0) is 23.3. The van der Waals surface area contributed by atoms with Gasteiger partial charge in [0.25, 0.3) is 0 Å². The molecule has 1 aromatic rings. The first-order chi connectivity index (χ1) is 16.1. The minimum Gasteiger partial charge on any atom is -0.468 e. The number of ether oxygens (including phenoxy) is 4. The van der Waals surface area contributed by atoms with Gasteiger partial charge in [-0.15, -0.1) is 0 Å². The zero-order valence-electron chi connectivity index (χ0n) is 20.9. The van der Waals surface area contributed by atoms with Crippen LogP contribution in [-0.2, 0) is 20.6 Å². The Kier molecular flexibility index (Phi) is 8.72. The van der Waals surface area contributed by atoms with Crippen molar-refractivity contribution in [1.82, 2.24) is 0 Å². The summed E-state index contributed by atoms with van der Waals surface area (Å²) in [6.45, 7) is 3.51. The third-order valence-corrected chi connectivity index (χ3v) is 9.00. The van der Waals surface area contributed by atoms with Crippen LogP contribution in [0.1, 0.15) is 81.8 Å². The Balaban J connectivity index is 1.57. The second-order valence-electron chi connectivity index (χ2n) is 10.8. The molecule has 2 saturated carbocycles. The van der Waals surface area contributed by atoms with Gasteiger partial charge in [0, 0.05) is 20.8 Å². The Labute approximate surface area is 200 Å². The average Bonchev–Trinajstić information content (AvgIpc) is 3.16. The van der Waals surface area contributed by atoms with E-state index in [1.54, 1.807) is 19.8 Å². The number of aliphatic hydroxyl groups is 1. The molecule has 3 aliphatic carbocycles. The molecule has 0 radical (unpaired) electrons. The summed E-state index contributed by atoms with van der Waals surface area (Å²) in [4.78, 5) is 0. The highest BCUT2D eigenvalue weighted by atomic mass is 16.7. The van der Waals surface area contributed by atoms with Crippen molar-refractivity contribution >= 4 is 0 Å². The van der Waals surface area contributed by atoms with E-state index >= 15 is 0 Å². The summed E-state index contributed by atoms with van der Waals surface area (Å²) in [6, 6.07) is 6.75. The van der Waals surface area contributed by atoms with Crippen LogP contribution in [0.15, 0.2) is 18.2 Å². The van der Waals surface area contributed by atoms with Gasteiger partial charge in [0.2, 0.25) is 0 Å². The molecule has 186 valence electrons. The fourth-order valence-corrected chi connectivity index (χ4v) is 7.51. The fraction of sp³-hybridized carbons (Fsp3) is 0.786. The molecule has 3 unspecified atom stereocenters. The van der Waals surface area contributed by atoms with Crippen molar-refractivity contribution in [3.63, 3.8) is 0 Å². The Hall–Kier alpha value is -1.14. The zero-order valence-corrected chi connectivity index (χ0v) is 20.9. The SMILES string of the molecule is COCOc1ccc2c(c1)C[C@@H](CCCCCCO)C1C2CC[C@@]2(C)C1CC[C@@H]2OCOC. The predicted octanol–water partition coefficient (Wildman–Crippen LogP) is 5.68. The molecule has 3 aliphatic rings. The standard InChI is InChI=1S/C28H44O5/c1-28-14-13-24-23-10-9-22(32-18-30-2)17-21(23)16-20(8-6-4-5-7-15-29)27(24)25(28)11-12-26(28)33-19-31-3/h9-10,17,20,24-27,29H,4-8,11-16,18-19H2,1-3H3/t20-,24?,25?,26+,27?,28+/m1/s1. The third kappa shape index (κ3) is 5.27. The number of aliphatic hydroxyl groups excluding tert-OH is 1. The van der Waals surface area contributed by atoms with E-state index in [0.29, 0.717) is 38.1 Å². The van der Waals surface area contributed by atoms with Gasteiger partial charge in [-0.25, -0.2) is 0 Å². The molecule has 4 rings (SSSR count). The van der Waals surface area contributed by atoms with Crippen molar-refractivity contribution < 1.29 is 24.1 Å². The largest absolute Gasteiger partial charge is 0.468 e. The first kappa shape index (κ1) is 25.0. The van der Waals surface area contributed by atoms with Crippen LogP contribution in [-0.4, -0.2) is 45.6 Å². The van der Waals surface area contributed by atoms with Crippen LogP contribution in [0.3, 0.4) is 0 Å². The van der Waals surface area contributed by atoms with Crippen molar-refractivity contribution in [2.45, 2.75) is 83.2 Å². The van der Waals surface area contributed by atoms with E-state index in [9.17, 15) is 0 Å². The van der Waals surface area contributed by atoms with Crippen molar-refractivity contribution in [1.29, 1.82) is 0 Å². The molecule has 0 aliphatic heterocycles. The van der Waals surface area contributed by atoms with Crippen molar-refractivity contribution in [3.8, 4) is 5.75 Å². The van der Waals surface area contributed by atoms with E-state index < -0.39 is 0 Å². The Morgan fingerprint density at radius 1 is 1.00 bits per heavy atom. The van der Waals surface area contributed by atoms with Crippen LogP contribution >= 0.6 is 0 Å². The summed E-state index contributed by atoms with van der Waals surface area (Å²) in [5.74, 6) is 3.73. The Bertz CT molecular complexity index is 752. The van der Waals surface area contributed by atoms with Gasteiger partial charge < -0.3 is 24.1 Å². The van der Waals surface area contributed by atoms with Gasteiger partial charge in [0.1, 0.15) is 12.5 Å². The summed E-state index contributed by atoms with van der Waals surface area (Å²) in [6.07, 6.45) is 12.2. The van der Waals surface area contributed by atoms with Gasteiger partial charge in [-0.05, 0) is 97.3 Å². The van der Waals surface area contributed by atoms with Crippen LogP contribution < -0.4 is 4.74 Å². The first-order valence-corrected chi connectivity index (χ1v) is 13.1. The van der Waals surface area contributed by atoms with E-state index in [0.717, 1.165) is 43.3 Å². The second-order valence-corrected chi connectivity index (χ2v) is 10.8. The maximum absolute atomic E-state index is 9.14. The quantitative estimate of drug-likeness (QED) is 0.321. The number of fused-ring (bicyclic) bond motifs is 5. The number of unbranched alkanes of at least 4 members (excludes halogenated alkanes) is 3. The van der Waals surface area contributed by atoms with Gasteiger partial charge >= 0.3 is 0 Å². The van der Waals surface area contributed by atoms with Gasteiger partial charge in [-0.1, -0.05) is 32.3 Å². The Morgan fingerprint density at radius 3 is 2.61 bits per heavy atom. The van der Waals surface area contributed by atoms with Gasteiger partial charge in [0.05, 0.1) is 6.10 Å². The number of hydrogen-bond acceptors (Lipinski definition) is 5. The smallest absolute Gasteiger partial charge is 0.188 e. The summed E-state index contributed by atoms with van der Waals surface area (Å²) in [5.41, 5.74) is 3.30. The van der Waals surface area contributed by atoms with Crippen LogP contribution in [0.25, 0.3) is 0 Å². The van der Waals surface area contributed by atoms with Gasteiger partial charge in [-0.2, -0.15) is 0 Å². The molecule has 2 fully saturated rings. The summed E-state index contributed by atoms with van der Waals surface area (Å²) in [5, 5.41) is 9.14. The van der Waals surface area contributed by atoms with Gasteiger partial charge in [0.15, 0.2) is 6.79 Å². The number of rotatable bonds is 12. The summed E-state index contributed by atoms with van der Waals surface area (Å²) < 4.78 is 22.4. The molecular weight excluding hydrogens is 416 g/mol. The average molecular weight is 461 g/mol. The minimum absolute atomic E-state index is 0.258. The van der Waals surface area contributed by atoms with E-state index in [4.69, 9.17) is 24.1 Å². The van der Waals surface area contributed by atoms with Crippen LogP contribution in [0.2, 0.25) is 0 Å². The highest BCUT2D eigenvalue weighted by Crippen LogP contribution is 2.63. The highest BCUT2D eigenvalue weighted by molar-refractivity contribution is 5.41. The molecule has 5 nitrogen and oxygen atoms in total. The monoisotopic (exact) mass is 460 g/mol. The maximum atomic E-state index is 9.14. The second kappa shape index (κ2) is 11.5. The molecule has 0 amide bonds. The molecule has 1 N–H and O–H groups in total. The topological polar surface area (TPSA) is 57.2 Å². The summed E-state index contributed by atoms with van der Waals surface area (Å²) >= 11 is 0. The number of hydrogen-bond donors (Lipinski definition) is 1. The molecule has 5 heteroatoms. The molecule has 6 atom stereocenters. The van der Waals surface area contributed by atoms with E-state index in [2.05, 4.69) is 25.1 Å². The molecule has 0 saturated heterocycles.